The third-order valence-electron chi connectivity index (χ3n) is 4.00. The minimum absolute atomic E-state index is 0.334. The molecular formula is C14H20N4S. The predicted octanol–water partition coefficient (Wildman–Crippen LogP) is 2.93. The molecule has 0 saturated heterocycles. The summed E-state index contributed by atoms with van der Waals surface area (Å²) in [6, 6.07) is 2.49. The van der Waals surface area contributed by atoms with Gasteiger partial charge in [-0.1, -0.05) is 12.8 Å². The van der Waals surface area contributed by atoms with Crippen molar-refractivity contribution in [3.05, 3.63) is 17.3 Å². The van der Waals surface area contributed by atoms with Gasteiger partial charge in [0.15, 0.2) is 0 Å². The van der Waals surface area contributed by atoms with Crippen molar-refractivity contribution in [1.29, 1.82) is 0 Å². The Hall–Kier alpha value is -1.20. The van der Waals surface area contributed by atoms with E-state index in [9.17, 15) is 0 Å². The van der Waals surface area contributed by atoms with Crippen LogP contribution in [0.25, 0.3) is 10.2 Å². The van der Waals surface area contributed by atoms with Gasteiger partial charge in [-0.3, -0.25) is 0 Å². The number of anilines is 1. The summed E-state index contributed by atoms with van der Waals surface area (Å²) in [5.41, 5.74) is 5.95. The molecule has 1 unspecified atom stereocenters. The molecule has 0 spiro atoms. The second kappa shape index (κ2) is 5.43. The van der Waals surface area contributed by atoms with E-state index in [0.29, 0.717) is 18.5 Å². The Kier molecular flexibility index (Phi) is 3.66. The third-order valence-corrected chi connectivity index (χ3v) is 4.96. The molecule has 0 aromatic carbocycles. The van der Waals surface area contributed by atoms with E-state index in [1.54, 1.807) is 17.7 Å². The second-order valence-corrected chi connectivity index (χ2v) is 6.56. The minimum Gasteiger partial charge on any atom is -0.365 e. The van der Waals surface area contributed by atoms with Crippen molar-refractivity contribution in [1.82, 2.24) is 9.97 Å². The summed E-state index contributed by atoms with van der Waals surface area (Å²) in [5.74, 6) is 1.63. The molecule has 0 amide bonds. The van der Waals surface area contributed by atoms with Gasteiger partial charge in [0, 0.05) is 17.5 Å². The van der Waals surface area contributed by atoms with E-state index >= 15 is 0 Å². The monoisotopic (exact) mass is 276 g/mol. The summed E-state index contributed by atoms with van der Waals surface area (Å²) in [6.45, 7) is 2.77. The fraction of sp³-hybridized carbons (Fsp3) is 0.571. The highest BCUT2D eigenvalue weighted by atomic mass is 32.1. The fourth-order valence-electron chi connectivity index (χ4n) is 3.00. The maximum Gasteiger partial charge on any atom is 0.138 e. The van der Waals surface area contributed by atoms with Gasteiger partial charge in [-0.2, -0.15) is 0 Å². The van der Waals surface area contributed by atoms with Crippen LogP contribution in [0.4, 0.5) is 5.82 Å². The van der Waals surface area contributed by atoms with Crippen LogP contribution in [0.2, 0.25) is 0 Å². The van der Waals surface area contributed by atoms with E-state index < -0.39 is 0 Å². The van der Waals surface area contributed by atoms with Crippen molar-refractivity contribution in [2.45, 2.75) is 38.6 Å². The lowest BCUT2D eigenvalue weighted by molar-refractivity contribution is 0.461. The number of nitrogens with two attached hydrogens (primary N) is 1. The van der Waals surface area contributed by atoms with Crippen LogP contribution in [0.1, 0.15) is 30.6 Å². The first kappa shape index (κ1) is 12.8. The number of thiophene rings is 1. The Morgan fingerprint density at radius 1 is 1.42 bits per heavy atom. The number of hydrogen-bond acceptors (Lipinski definition) is 5. The van der Waals surface area contributed by atoms with Crippen LogP contribution in [0.15, 0.2) is 12.4 Å². The van der Waals surface area contributed by atoms with E-state index in [1.165, 1.54) is 30.6 Å². The van der Waals surface area contributed by atoms with Gasteiger partial charge >= 0.3 is 0 Å². The van der Waals surface area contributed by atoms with Crippen LogP contribution in [-0.4, -0.2) is 22.6 Å². The van der Waals surface area contributed by atoms with Crippen LogP contribution in [0.3, 0.4) is 0 Å². The van der Waals surface area contributed by atoms with Crippen molar-refractivity contribution in [2.75, 3.05) is 11.9 Å². The van der Waals surface area contributed by atoms with Gasteiger partial charge in [-0.05, 0) is 31.7 Å². The highest BCUT2D eigenvalue weighted by Crippen LogP contribution is 2.31. The van der Waals surface area contributed by atoms with E-state index in [2.05, 4.69) is 28.3 Å². The normalized spacial score (nSPS) is 18.0. The maximum atomic E-state index is 5.95. The third kappa shape index (κ3) is 2.58. The molecule has 19 heavy (non-hydrogen) atoms. The molecule has 1 fully saturated rings. The number of aryl methyl sites for hydroxylation is 1. The molecule has 1 aliphatic carbocycles. The summed E-state index contributed by atoms with van der Waals surface area (Å²) < 4.78 is 0. The molecule has 5 heteroatoms. The van der Waals surface area contributed by atoms with Gasteiger partial charge in [-0.15, -0.1) is 11.3 Å². The molecule has 3 rings (SSSR count). The predicted molar refractivity (Wildman–Crippen MR) is 80.6 cm³/mol. The molecule has 1 aliphatic rings. The quantitative estimate of drug-likeness (QED) is 0.901. The zero-order chi connectivity index (χ0) is 13.2. The Morgan fingerprint density at radius 2 is 2.21 bits per heavy atom. The average Bonchev–Trinajstić information content (AvgIpc) is 3.03. The smallest absolute Gasteiger partial charge is 0.138 e. The van der Waals surface area contributed by atoms with Crippen molar-refractivity contribution in [2.24, 2.45) is 11.7 Å². The lowest BCUT2D eigenvalue weighted by atomic mass is 9.98. The molecule has 0 bridgehead atoms. The van der Waals surface area contributed by atoms with Gasteiger partial charge in [0.1, 0.15) is 17.0 Å². The van der Waals surface area contributed by atoms with Crippen LogP contribution in [-0.2, 0) is 0 Å². The fourth-order valence-corrected chi connectivity index (χ4v) is 3.84. The molecule has 0 aliphatic heterocycles. The number of rotatable bonds is 4. The van der Waals surface area contributed by atoms with Gasteiger partial charge in [-0.25, -0.2) is 9.97 Å². The zero-order valence-corrected chi connectivity index (χ0v) is 12.0. The zero-order valence-electron chi connectivity index (χ0n) is 11.2. The van der Waals surface area contributed by atoms with Crippen molar-refractivity contribution >= 4 is 27.4 Å². The molecule has 3 N–H and O–H groups in total. The lowest BCUT2D eigenvalue weighted by Crippen LogP contribution is -2.35. The molecule has 2 aromatic rings. The molecule has 4 nitrogen and oxygen atoms in total. The minimum atomic E-state index is 0.334. The van der Waals surface area contributed by atoms with Gasteiger partial charge in [0.05, 0.1) is 5.39 Å². The Bertz CT molecular complexity index is 560. The van der Waals surface area contributed by atoms with E-state index in [0.717, 1.165) is 16.0 Å². The van der Waals surface area contributed by atoms with Gasteiger partial charge < -0.3 is 11.1 Å². The molecular weight excluding hydrogens is 256 g/mol. The summed E-state index contributed by atoms with van der Waals surface area (Å²) in [5, 5.41) is 4.68. The van der Waals surface area contributed by atoms with Crippen LogP contribution in [0, 0.1) is 12.8 Å². The molecule has 1 atom stereocenters. The van der Waals surface area contributed by atoms with E-state index in [-0.39, 0.29) is 0 Å². The summed E-state index contributed by atoms with van der Waals surface area (Å²) in [6.07, 6.45) is 6.87. The topological polar surface area (TPSA) is 63.8 Å². The number of nitrogens with zero attached hydrogens (tertiary/aromatic N) is 2. The SMILES string of the molecule is Cc1cc2c(NC(CN)C3CCCC3)ncnc2s1. The van der Waals surface area contributed by atoms with Crippen LogP contribution in [0.5, 0.6) is 0 Å². The Labute approximate surface area is 117 Å². The summed E-state index contributed by atoms with van der Waals surface area (Å²) in [7, 11) is 0. The standard InChI is InChI=1S/C14H20N4S/c1-9-6-11-13(16-8-17-14(11)19-9)18-12(7-15)10-4-2-3-5-10/h6,8,10,12H,2-5,7,15H2,1H3,(H,16,17,18). The number of nitrogens with one attached hydrogen (secondary N) is 1. The summed E-state index contributed by atoms with van der Waals surface area (Å²) in [4.78, 5) is 11.1. The Balaban J connectivity index is 1.86. The largest absolute Gasteiger partial charge is 0.365 e. The van der Waals surface area contributed by atoms with Gasteiger partial charge in [0.2, 0.25) is 0 Å². The van der Waals surface area contributed by atoms with Crippen LogP contribution < -0.4 is 11.1 Å². The molecule has 0 radical (unpaired) electrons. The molecule has 102 valence electrons. The van der Waals surface area contributed by atoms with Gasteiger partial charge in [0.25, 0.3) is 0 Å². The van der Waals surface area contributed by atoms with Crippen LogP contribution >= 0.6 is 11.3 Å². The van der Waals surface area contributed by atoms with Crippen molar-refractivity contribution < 1.29 is 0 Å². The van der Waals surface area contributed by atoms with E-state index in [4.69, 9.17) is 5.73 Å². The van der Waals surface area contributed by atoms with Crippen molar-refractivity contribution in [3.63, 3.8) is 0 Å². The lowest BCUT2D eigenvalue weighted by Gasteiger charge is -2.23. The number of fused-ring (bicyclic) bond motifs is 1. The first-order valence-electron chi connectivity index (χ1n) is 6.95. The first-order chi connectivity index (χ1) is 9.28. The number of aromatic nitrogens is 2. The Morgan fingerprint density at radius 3 is 2.95 bits per heavy atom. The maximum absolute atomic E-state index is 5.95. The average molecular weight is 276 g/mol. The number of hydrogen-bond donors (Lipinski definition) is 2. The first-order valence-corrected chi connectivity index (χ1v) is 7.77. The summed E-state index contributed by atoms with van der Waals surface area (Å²) >= 11 is 1.71. The highest BCUT2D eigenvalue weighted by molar-refractivity contribution is 7.18. The second-order valence-electron chi connectivity index (χ2n) is 5.33. The highest BCUT2D eigenvalue weighted by Gasteiger charge is 2.24. The molecule has 2 heterocycles. The molecule has 2 aromatic heterocycles. The van der Waals surface area contributed by atoms with E-state index in [1.807, 2.05) is 0 Å². The van der Waals surface area contributed by atoms with Crippen molar-refractivity contribution in [3.8, 4) is 0 Å². The molecule has 1 saturated carbocycles.